The zero-order chi connectivity index (χ0) is 18.6. The van der Waals surface area contributed by atoms with Crippen molar-refractivity contribution in [3.05, 3.63) is 65.5 Å². The van der Waals surface area contributed by atoms with Crippen LogP contribution in [0.4, 0.5) is 0 Å². The average Bonchev–Trinajstić information content (AvgIpc) is 3.31. The Labute approximate surface area is 164 Å². The number of nitrogens with one attached hydrogen (secondary N) is 1. The van der Waals surface area contributed by atoms with Crippen LogP contribution in [-0.2, 0) is 18.7 Å². The minimum Gasteiger partial charge on any atom is -0.310 e. The van der Waals surface area contributed by atoms with Crippen LogP contribution < -0.4 is 5.32 Å². The standard InChI is InChI=1S/C21H23N5S/c1-2-26-20(11-17-13-23-19-6-4-3-5-18(17)19)24-25-21(26)27-14-16-9-7-15(12-22)8-10-16/h3-10,17-19,23H,2,11,13-14H2,1H3. The van der Waals surface area contributed by atoms with Crippen molar-refractivity contribution in [2.75, 3.05) is 6.54 Å². The number of thioether (sulfide) groups is 1. The van der Waals surface area contributed by atoms with E-state index in [2.05, 4.69) is 57.4 Å². The maximum absolute atomic E-state index is 8.91. The largest absolute Gasteiger partial charge is 0.310 e. The van der Waals surface area contributed by atoms with Crippen molar-refractivity contribution in [1.82, 2.24) is 20.1 Å². The van der Waals surface area contributed by atoms with Gasteiger partial charge in [-0.25, -0.2) is 0 Å². The molecule has 6 heteroatoms. The molecule has 3 atom stereocenters. The van der Waals surface area contributed by atoms with Gasteiger partial charge in [0.2, 0.25) is 0 Å². The van der Waals surface area contributed by atoms with Crippen molar-refractivity contribution < 1.29 is 0 Å². The summed E-state index contributed by atoms with van der Waals surface area (Å²) in [5, 5.41) is 22.4. The fraction of sp³-hybridized carbons (Fsp3) is 0.381. The highest BCUT2D eigenvalue weighted by molar-refractivity contribution is 7.98. The number of allylic oxidation sites excluding steroid dienone is 2. The highest BCUT2D eigenvalue weighted by Crippen LogP contribution is 2.30. The second kappa shape index (κ2) is 8.12. The molecule has 1 aliphatic carbocycles. The molecule has 0 bridgehead atoms. The molecule has 3 unspecified atom stereocenters. The van der Waals surface area contributed by atoms with Crippen molar-refractivity contribution in [2.45, 2.75) is 36.8 Å². The van der Waals surface area contributed by atoms with Gasteiger partial charge in [0.1, 0.15) is 5.82 Å². The molecule has 1 saturated heterocycles. The fourth-order valence-corrected chi connectivity index (χ4v) is 4.84. The fourth-order valence-electron chi connectivity index (χ4n) is 3.86. The first-order chi connectivity index (χ1) is 13.3. The third-order valence-corrected chi connectivity index (χ3v) is 6.38. The average molecular weight is 378 g/mol. The molecule has 2 aliphatic rings. The van der Waals surface area contributed by atoms with Gasteiger partial charge in [0, 0.05) is 30.7 Å². The number of hydrogen-bond donors (Lipinski definition) is 1. The summed E-state index contributed by atoms with van der Waals surface area (Å²) in [5.74, 6) is 3.01. The molecule has 4 rings (SSSR count). The summed E-state index contributed by atoms with van der Waals surface area (Å²) in [7, 11) is 0. The summed E-state index contributed by atoms with van der Waals surface area (Å²) in [4.78, 5) is 0. The summed E-state index contributed by atoms with van der Waals surface area (Å²) in [6, 6.07) is 10.4. The van der Waals surface area contributed by atoms with E-state index in [1.54, 1.807) is 11.8 Å². The van der Waals surface area contributed by atoms with E-state index < -0.39 is 0 Å². The molecule has 5 nitrogen and oxygen atoms in total. The molecule has 27 heavy (non-hydrogen) atoms. The monoisotopic (exact) mass is 377 g/mol. The van der Waals surface area contributed by atoms with Gasteiger partial charge in [0.25, 0.3) is 0 Å². The Morgan fingerprint density at radius 2 is 2.04 bits per heavy atom. The molecule has 0 spiro atoms. The minimum absolute atomic E-state index is 0.461. The van der Waals surface area contributed by atoms with Crippen molar-refractivity contribution in [2.24, 2.45) is 11.8 Å². The van der Waals surface area contributed by atoms with Gasteiger partial charge in [-0.15, -0.1) is 10.2 Å². The molecule has 1 N–H and O–H groups in total. The number of aromatic nitrogens is 3. The maximum Gasteiger partial charge on any atom is 0.191 e. The summed E-state index contributed by atoms with van der Waals surface area (Å²) >= 11 is 1.71. The van der Waals surface area contributed by atoms with E-state index in [0.29, 0.717) is 23.4 Å². The third kappa shape index (κ3) is 3.85. The third-order valence-electron chi connectivity index (χ3n) is 5.34. The van der Waals surface area contributed by atoms with Crippen molar-refractivity contribution >= 4 is 11.8 Å². The lowest BCUT2D eigenvalue weighted by atomic mass is 9.85. The summed E-state index contributed by atoms with van der Waals surface area (Å²) in [5.41, 5.74) is 1.88. The van der Waals surface area contributed by atoms with Gasteiger partial charge in [-0.2, -0.15) is 5.26 Å². The molecule has 1 fully saturated rings. The van der Waals surface area contributed by atoms with Crippen LogP contribution in [0.5, 0.6) is 0 Å². The Morgan fingerprint density at radius 1 is 1.22 bits per heavy atom. The first kappa shape index (κ1) is 18.0. The molecule has 0 saturated carbocycles. The Morgan fingerprint density at radius 3 is 2.81 bits per heavy atom. The molecule has 2 heterocycles. The van der Waals surface area contributed by atoms with Crippen LogP contribution in [0.1, 0.15) is 23.9 Å². The van der Waals surface area contributed by atoms with Crippen LogP contribution in [0.3, 0.4) is 0 Å². The molecule has 1 aromatic heterocycles. The van der Waals surface area contributed by atoms with Crippen molar-refractivity contribution in [3.8, 4) is 6.07 Å². The lowest BCUT2D eigenvalue weighted by Crippen LogP contribution is -2.25. The second-order valence-corrected chi connectivity index (χ2v) is 7.93. The van der Waals surface area contributed by atoms with Gasteiger partial charge >= 0.3 is 0 Å². The Hall–Kier alpha value is -2.36. The molecule has 1 aromatic carbocycles. The van der Waals surface area contributed by atoms with Crippen LogP contribution in [0.15, 0.2) is 53.7 Å². The number of nitrogens with zero attached hydrogens (tertiary/aromatic N) is 4. The van der Waals surface area contributed by atoms with E-state index >= 15 is 0 Å². The van der Waals surface area contributed by atoms with Gasteiger partial charge in [-0.1, -0.05) is 48.2 Å². The number of benzene rings is 1. The number of hydrogen-bond acceptors (Lipinski definition) is 5. The van der Waals surface area contributed by atoms with Gasteiger partial charge in [0.05, 0.1) is 11.6 Å². The molecule has 0 amide bonds. The predicted molar refractivity (Wildman–Crippen MR) is 107 cm³/mol. The van der Waals surface area contributed by atoms with Crippen LogP contribution in [0.25, 0.3) is 0 Å². The topological polar surface area (TPSA) is 66.5 Å². The minimum atomic E-state index is 0.461. The number of rotatable bonds is 6. The Bertz CT molecular complexity index is 890. The van der Waals surface area contributed by atoms with Gasteiger partial charge < -0.3 is 9.88 Å². The zero-order valence-corrected chi connectivity index (χ0v) is 16.2. The van der Waals surface area contributed by atoms with E-state index in [1.165, 1.54) is 5.56 Å². The van der Waals surface area contributed by atoms with Gasteiger partial charge in [-0.3, -0.25) is 0 Å². The quantitative estimate of drug-likeness (QED) is 0.782. The van der Waals surface area contributed by atoms with E-state index in [9.17, 15) is 0 Å². The predicted octanol–water partition coefficient (Wildman–Crippen LogP) is 3.33. The van der Waals surface area contributed by atoms with Gasteiger partial charge in [0.15, 0.2) is 5.16 Å². The van der Waals surface area contributed by atoms with Crippen LogP contribution in [0, 0.1) is 23.2 Å². The Kier molecular flexibility index (Phi) is 5.42. The first-order valence-electron chi connectivity index (χ1n) is 9.40. The van der Waals surface area contributed by atoms with Gasteiger partial charge in [-0.05, 0) is 37.1 Å². The second-order valence-electron chi connectivity index (χ2n) is 6.99. The molecule has 2 aromatic rings. The lowest BCUT2D eigenvalue weighted by molar-refractivity contribution is 0.444. The van der Waals surface area contributed by atoms with Crippen molar-refractivity contribution in [3.63, 3.8) is 0 Å². The molecule has 0 radical (unpaired) electrons. The zero-order valence-electron chi connectivity index (χ0n) is 15.4. The molecule has 138 valence electrons. The maximum atomic E-state index is 8.91. The SMILES string of the molecule is CCn1c(CC2CNC3C=CC=CC23)nnc1SCc1ccc(C#N)cc1. The summed E-state index contributed by atoms with van der Waals surface area (Å²) in [6.07, 6.45) is 9.81. The molecular formula is C21H23N5S. The number of fused-ring (bicyclic) bond motifs is 1. The smallest absolute Gasteiger partial charge is 0.191 e. The van der Waals surface area contributed by atoms with E-state index in [1.807, 2.05) is 24.3 Å². The lowest BCUT2D eigenvalue weighted by Gasteiger charge is -2.20. The molecule has 1 aliphatic heterocycles. The van der Waals surface area contributed by atoms with Crippen LogP contribution in [0.2, 0.25) is 0 Å². The van der Waals surface area contributed by atoms with Crippen LogP contribution >= 0.6 is 11.8 Å². The normalized spacial score (nSPS) is 23.3. The Balaban J connectivity index is 1.43. The highest BCUT2D eigenvalue weighted by atomic mass is 32.2. The summed E-state index contributed by atoms with van der Waals surface area (Å²) in [6.45, 7) is 4.05. The van der Waals surface area contributed by atoms with E-state index in [0.717, 1.165) is 36.2 Å². The highest BCUT2D eigenvalue weighted by Gasteiger charge is 2.34. The number of nitriles is 1. The molecular weight excluding hydrogens is 354 g/mol. The van der Waals surface area contributed by atoms with Crippen molar-refractivity contribution in [1.29, 1.82) is 5.26 Å². The van der Waals surface area contributed by atoms with E-state index in [-0.39, 0.29) is 0 Å². The summed E-state index contributed by atoms with van der Waals surface area (Å²) < 4.78 is 2.24. The van der Waals surface area contributed by atoms with E-state index in [4.69, 9.17) is 5.26 Å². The van der Waals surface area contributed by atoms with Crippen LogP contribution in [-0.4, -0.2) is 27.4 Å². The first-order valence-corrected chi connectivity index (χ1v) is 10.4.